The summed E-state index contributed by atoms with van der Waals surface area (Å²) in [5.74, 6) is 1.01. The molecule has 0 aliphatic heterocycles. The number of rotatable bonds is 12. The Hall–Kier alpha value is -2.54. The Morgan fingerprint density at radius 1 is 1.09 bits per heavy atom. The zero-order valence-electron chi connectivity index (χ0n) is 19.3. The molecule has 1 N–H and O–H groups in total. The van der Waals surface area contributed by atoms with Crippen LogP contribution in [0, 0.1) is 5.82 Å². The van der Waals surface area contributed by atoms with Crippen LogP contribution < -0.4 is 10.1 Å². The van der Waals surface area contributed by atoms with Gasteiger partial charge in [-0.25, -0.2) is 4.39 Å². The molecule has 0 heterocycles. The highest BCUT2D eigenvalue weighted by Crippen LogP contribution is 2.20. The molecule has 2 aromatic rings. The fraction of sp³-hybridized carbons (Fsp3) is 0.440. The number of ether oxygens (including phenoxy) is 1. The van der Waals surface area contributed by atoms with E-state index in [-0.39, 0.29) is 29.4 Å². The predicted octanol–water partition coefficient (Wildman–Crippen LogP) is 4.79. The summed E-state index contributed by atoms with van der Waals surface area (Å²) in [6, 6.07) is 13.3. The third-order valence-corrected chi connectivity index (χ3v) is 6.27. The second kappa shape index (κ2) is 13.1. The van der Waals surface area contributed by atoms with E-state index in [9.17, 15) is 14.0 Å². The maximum Gasteiger partial charge on any atom is 0.243 e. The van der Waals surface area contributed by atoms with Crippen LogP contribution in [-0.2, 0) is 21.9 Å². The van der Waals surface area contributed by atoms with Crippen molar-refractivity contribution in [1.29, 1.82) is 0 Å². The molecule has 32 heavy (non-hydrogen) atoms. The van der Waals surface area contributed by atoms with Gasteiger partial charge in [-0.05, 0) is 55.2 Å². The number of carbonyl (C=O) groups excluding carboxylic acids is 2. The number of carbonyl (C=O) groups is 2. The van der Waals surface area contributed by atoms with E-state index in [0.717, 1.165) is 17.5 Å². The highest BCUT2D eigenvalue weighted by molar-refractivity contribution is 7.99. The lowest BCUT2D eigenvalue weighted by Crippen LogP contribution is -2.51. The molecule has 0 aliphatic rings. The van der Waals surface area contributed by atoms with E-state index in [1.54, 1.807) is 24.1 Å². The lowest BCUT2D eigenvalue weighted by molar-refractivity contribution is -0.139. The number of thioether (sulfide) groups is 1. The smallest absolute Gasteiger partial charge is 0.243 e. The minimum Gasteiger partial charge on any atom is -0.497 e. The number of nitrogens with zero attached hydrogens (tertiary/aromatic N) is 1. The van der Waals surface area contributed by atoms with Crippen LogP contribution in [0.25, 0.3) is 0 Å². The SMILES string of the molecule is CC[C@H](C)NC(=O)[C@H](CC)N(Cc1cccc(OC)c1)C(=O)CSCc1ccc(F)cc1. The molecule has 2 atom stereocenters. The average molecular weight is 461 g/mol. The van der Waals surface area contributed by atoms with Crippen LogP contribution in [0.3, 0.4) is 0 Å². The standard InChI is InChI=1S/C25H33FN2O3S/c1-5-18(3)27-25(30)23(6-2)28(15-20-8-7-9-22(14-20)31-4)24(29)17-32-16-19-10-12-21(26)13-11-19/h7-14,18,23H,5-6,15-17H2,1-4H3,(H,27,30)/t18-,23-/m0/s1. The molecule has 0 unspecified atom stereocenters. The molecule has 0 bridgehead atoms. The fourth-order valence-corrected chi connectivity index (χ4v) is 4.12. The van der Waals surface area contributed by atoms with Gasteiger partial charge in [-0.3, -0.25) is 9.59 Å². The molecule has 0 saturated heterocycles. The van der Waals surface area contributed by atoms with E-state index >= 15 is 0 Å². The van der Waals surface area contributed by atoms with E-state index in [1.165, 1.54) is 23.9 Å². The summed E-state index contributed by atoms with van der Waals surface area (Å²) in [5, 5.41) is 3.01. The Labute approximate surface area is 194 Å². The number of hydrogen-bond acceptors (Lipinski definition) is 4. The summed E-state index contributed by atoms with van der Waals surface area (Å²) < 4.78 is 18.4. The van der Waals surface area contributed by atoms with Crippen LogP contribution in [0.4, 0.5) is 4.39 Å². The molecular formula is C25H33FN2O3S. The summed E-state index contributed by atoms with van der Waals surface area (Å²) in [7, 11) is 1.60. The molecule has 0 aliphatic carbocycles. The van der Waals surface area contributed by atoms with Crippen LogP contribution in [0.15, 0.2) is 48.5 Å². The third-order valence-electron chi connectivity index (χ3n) is 5.28. The molecule has 5 nitrogen and oxygen atoms in total. The lowest BCUT2D eigenvalue weighted by Gasteiger charge is -2.31. The number of amides is 2. The summed E-state index contributed by atoms with van der Waals surface area (Å²) in [5.41, 5.74) is 1.85. The second-order valence-electron chi connectivity index (χ2n) is 7.73. The first-order valence-corrected chi connectivity index (χ1v) is 12.1. The van der Waals surface area contributed by atoms with Crippen molar-refractivity contribution < 1.29 is 18.7 Å². The Morgan fingerprint density at radius 3 is 2.44 bits per heavy atom. The molecule has 0 radical (unpaired) electrons. The van der Waals surface area contributed by atoms with E-state index in [2.05, 4.69) is 5.32 Å². The van der Waals surface area contributed by atoms with Gasteiger partial charge in [0.05, 0.1) is 12.9 Å². The van der Waals surface area contributed by atoms with Crippen molar-refractivity contribution in [3.05, 3.63) is 65.5 Å². The summed E-state index contributed by atoms with van der Waals surface area (Å²) >= 11 is 1.45. The Morgan fingerprint density at radius 2 is 1.81 bits per heavy atom. The number of benzene rings is 2. The van der Waals surface area contributed by atoms with Gasteiger partial charge in [-0.2, -0.15) is 0 Å². The highest BCUT2D eigenvalue weighted by atomic mass is 32.2. The quantitative estimate of drug-likeness (QED) is 0.495. The van der Waals surface area contributed by atoms with Crippen molar-refractivity contribution in [3.8, 4) is 5.75 Å². The van der Waals surface area contributed by atoms with Crippen LogP contribution in [0.5, 0.6) is 5.75 Å². The monoisotopic (exact) mass is 460 g/mol. The zero-order valence-corrected chi connectivity index (χ0v) is 20.1. The first-order chi connectivity index (χ1) is 15.4. The molecule has 0 saturated carbocycles. The first-order valence-electron chi connectivity index (χ1n) is 10.9. The van der Waals surface area contributed by atoms with Crippen molar-refractivity contribution >= 4 is 23.6 Å². The predicted molar refractivity (Wildman–Crippen MR) is 128 cm³/mol. The highest BCUT2D eigenvalue weighted by Gasteiger charge is 2.29. The van der Waals surface area contributed by atoms with Gasteiger partial charge in [0, 0.05) is 18.3 Å². The minimum atomic E-state index is -0.561. The van der Waals surface area contributed by atoms with Crippen molar-refractivity contribution in [2.75, 3.05) is 12.9 Å². The van der Waals surface area contributed by atoms with Crippen LogP contribution in [0.2, 0.25) is 0 Å². The molecule has 0 fully saturated rings. The zero-order chi connectivity index (χ0) is 23.5. The molecular weight excluding hydrogens is 427 g/mol. The minimum absolute atomic E-state index is 0.0400. The summed E-state index contributed by atoms with van der Waals surface area (Å²) in [4.78, 5) is 27.9. The van der Waals surface area contributed by atoms with Gasteiger partial charge in [0.2, 0.25) is 11.8 Å². The van der Waals surface area contributed by atoms with Gasteiger partial charge in [-0.15, -0.1) is 11.8 Å². The number of methoxy groups -OCH3 is 1. The van der Waals surface area contributed by atoms with Crippen LogP contribution in [-0.4, -0.2) is 41.7 Å². The van der Waals surface area contributed by atoms with Crippen molar-refractivity contribution in [2.24, 2.45) is 0 Å². The molecule has 0 spiro atoms. The number of halogens is 1. The van der Waals surface area contributed by atoms with E-state index in [1.807, 2.05) is 45.0 Å². The molecule has 2 amide bonds. The second-order valence-corrected chi connectivity index (χ2v) is 8.72. The van der Waals surface area contributed by atoms with E-state index < -0.39 is 6.04 Å². The van der Waals surface area contributed by atoms with E-state index in [4.69, 9.17) is 4.74 Å². The number of nitrogens with one attached hydrogen (secondary N) is 1. The van der Waals surface area contributed by atoms with Crippen molar-refractivity contribution in [3.63, 3.8) is 0 Å². The lowest BCUT2D eigenvalue weighted by atomic mass is 10.1. The summed E-state index contributed by atoms with van der Waals surface area (Å²) in [6.07, 6.45) is 1.33. The third kappa shape index (κ3) is 7.86. The van der Waals surface area contributed by atoms with E-state index in [0.29, 0.717) is 24.5 Å². The van der Waals surface area contributed by atoms with Crippen LogP contribution in [0.1, 0.15) is 44.7 Å². The van der Waals surface area contributed by atoms with Gasteiger partial charge in [0.15, 0.2) is 0 Å². The largest absolute Gasteiger partial charge is 0.497 e. The van der Waals surface area contributed by atoms with Crippen molar-refractivity contribution in [2.45, 2.75) is 58.0 Å². The summed E-state index contributed by atoms with van der Waals surface area (Å²) in [6.45, 7) is 6.20. The van der Waals surface area contributed by atoms with Crippen LogP contribution >= 0.6 is 11.8 Å². The number of hydrogen-bond donors (Lipinski definition) is 1. The molecule has 0 aromatic heterocycles. The molecule has 7 heteroatoms. The van der Waals surface area contributed by atoms with Gasteiger partial charge >= 0.3 is 0 Å². The van der Waals surface area contributed by atoms with Gasteiger partial charge in [0.1, 0.15) is 17.6 Å². The van der Waals surface area contributed by atoms with Crippen molar-refractivity contribution in [1.82, 2.24) is 10.2 Å². The Bertz CT molecular complexity index is 876. The Balaban J connectivity index is 2.15. The topological polar surface area (TPSA) is 58.6 Å². The molecule has 2 rings (SSSR count). The normalized spacial score (nSPS) is 12.7. The van der Waals surface area contributed by atoms with Gasteiger partial charge in [-0.1, -0.05) is 38.1 Å². The average Bonchev–Trinajstić information content (AvgIpc) is 2.80. The maximum absolute atomic E-state index is 13.2. The van der Waals surface area contributed by atoms with Gasteiger partial charge < -0.3 is 15.0 Å². The molecule has 174 valence electrons. The van der Waals surface area contributed by atoms with Gasteiger partial charge in [0.25, 0.3) is 0 Å². The fourth-order valence-electron chi connectivity index (χ4n) is 3.25. The maximum atomic E-state index is 13.2. The first kappa shape index (κ1) is 25.7. The Kier molecular flexibility index (Phi) is 10.5. The molecule has 2 aromatic carbocycles.